The van der Waals surface area contributed by atoms with Gasteiger partial charge >= 0.3 is 6.36 Å². The molecule has 4 rings (SSSR count). The van der Waals surface area contributed by atoms with Gasteiger partial charge in [0.15, 0.2) is 0 Å². The highest BCUT2D eigenvalue weighted by molar-refractivity contribution is 6.33. The minimum absolute atomic E-state index is 0.0493. The molecule has 0 spiro atoms. The molecule has 174 valence electrons. The van der Waals surface area contributed by atoms with Gasteiger partial charge in [0.2, 0.25) is 5.95 Å². The van der Waals surface area contributed by atoms with E-state index in [1.807, 2.05) is 0 Å². The molecule has 0 radical (unpaired) electrons. The summed E-state index contributed by atoms with van der Waals surface area (Å²) < 4.78 is 42.0. The summed E-state index contributed by atoms with van der Waals surface area (Å²) in [6, 6.07) is 6.63. The van der Waals surface area contributed by atoms with Crippen LogP contribution in [0, 0.1) is 5.92 Å². The first-order valence-corrected chi connectivity index (χ1v) is 11.3. The Morgan fingerprint density at radius 1 is 1.12 bits per heavy atom. The maximum absolute atomic E-state index is 12.6. The molecule has 1 saturated carbocycles. The second-order valence-electron chi connectivity index (χ2n) is 8.47. The van der Waals surface area contributed by atoms with E-state index in [0.29, 0.717) is 34.7 Å². The van der Waals surface area contributed by atoms with Gasteiger partial charge in [-0.2, -0.15) is 4.98 Å². The minimum atomic E-state index is -4.76. The molecular formula is C22H27ClF3N5O. The molecule has 2 aliphatic rings. The predicted molar refractivity (Wildman–Crippen MR) is 118 cm³/mol. The number of likely N-dealkylation sites (tertiary alicyclic amines) is 1. The largest absolute Gasteiger partial charge is 0.573 e. The van der Waals surface area contributed by atoms with Crippen molar-refractivity contribution in [3.63, 3.8) is 0 Å². The van der Waals surface area contributed by atoms with Crippen LogP contribution in [0.25, 0.3) is 0 Å². The van der Waals surface area contributed by atoms with E-state index in [1.54, 1.807) is 12.1 Å². The van der Waals surface area contributed by atoms with Crippen molar-refractivity contribution in [2.75, 3.05) is 24.1 Å². The number of nitrogen functional groups attached to an aromatic ring is 1. The van der Waals surface area contributed by atoms with Gasteiger partial charge in [0.1, 0.15) is 16.6 Å². The summed E-state index contributed by atoms with van der Waals surface area (Å²) in [4.78, 5) is 11.2. The summed E-state index contributed by atoms with van der Waals surface area (Å²) in [6.45, 7) is 2.49. The third-order valence-electron chi connectivity index (χ3n) is 6.29. The van der Waals surface area contributed by atoms with Gasteiger partial charge in [0, 0.05) is 18.2 Å². The summed E-state index contributed by atoms with van der Waals surface area (Å²) in [5, 5.41) is 3.30. The fraction of sp³-hybridized carbons (Fsp3) is 0.545. The number of halogens is 4. The van der Waals surface area contributed by atoms with Crippen molar-refractivity contribution >= 4 is 23.4 Å². The number of nitrogens with zero attached hydrogens (tertiary/aromatic N) is 3. The summed E-state index contributed by atoms with van der Waals surface area (Å²) in [5.41, 5.74) is 6.99. The SMILES string of the molecule is Nc1nc(NCc2ccccc2OC(F)(F)F)nc(CC2CCC(N3CCC3)CC2)c1Cl. The molecule has 1 aliphatic carbocycles. The van der Waals surface area contributed by atoms with Crippen LogP contribution < -0.4 is 15.8 Å². The first kappa shape index (κ1) is 22.9. The molecule has 1 aliphatic heterocycles. The number of benzene rings is 1. The van der Waals surface area contributed by atoms with Crippen LogP contribution in [0.1, 0.15) is 43.4 Å². The number of alkyl halides is 3. The number of nitrogens with two attached hydrogens (primary N) is 1. The lowest BCUT2D eigenvalue weighted by Gasteiger charge is -2.42. The quantitative estimate of drug-likeness (QED) is 0.592. The zero-order valence-electron chi connectivity index (χ0n) is 17.7. The average Bonchev–Trinajstić information content (AvgIpc) is 2.70. The molecule has 0 atom stereocenters. The highest BCUT2D eigenvalue weighted by atomic mass is 35.5. The number of hydrogen-bond acceptors (Lipinski definition) is 6. The molecule has 0 unspecified atom stereocenters. The lowest BCUT2D eigenvalue weighted by atomic mass is 9.82. The van der Waals surface area contributed by atoms with Crippen LogP contribution in [0.4, 0.5) is 24.9 Å². The van der Waals surface area contributed by atoms with Crippen molar-refractivity contribution in [3.8, 4) is 5.75 Å². The van der Waals surface area contributed by atoms with Crippen LogP contribution >= 0.6 is 11.6 Å². The van der Waals surface area contributed by atoms with E-state index < -0.39 is 6.36 Å². The Kier molecular flexibility index (Phi) is 6.95. The summed E-state index contributed by atoms with van der Waals surface area (Å²) in [5.74, 6) is 0.605. The molecule has 32 heavy (non-hydrogen) atoms. The number of rotatable bonds is 7. The highest BCUT2D eigenvalue weighted by Crippen LogP contribution is 2.34. The van der Waals surface area contributed by atoms with Gasteiger partial charge in [0.25, 0.3) is 0 Å². The molecule has 0 bridgehead atoms. The van der Waals surface area contributed by atoms with Crippen LogP contribution in [0.5, 0.6) is 5.75 Å². The van der Waals surface area contributed by atoms with Crippen LogP contribution in [0.2, 0.25) is 5.02 Å². The van der Waals surface area contributed by atoms with Crippen molar-refractivity contribution in [1.29, 1.82) is 0 Å². The molecule has 10 heteroatoms. The monoisotopic (exact) mass is 469 g/mol. The summed E-state index contributed by atoms with van der Waals surface area (Å²) >= 11 is 6.38. The Bertz CT molecular complexity index is 930. The van der Waals surface area contributed by atoms with Gasteiger partial charge in [-0.3, -0.25) is 0 Å². The number of anilines is 2. The van der Waals surface area contributed by atoms with E-state index >= 15 is 0 Å². The lowest BCUT2D eigenvalue weighted by Crippen LogP contribution is -2.46. The van der Waals surface area contributed by atoms with E-state index in [2.05, 4.69) is 24.9 Å². The van der Waals surface area contributed by atoms with Gasteiger partial charge in [-0.05, 0) is 63.6 Å². The lowest BCUT2D eigenvalue weighted by molar-refractivity contribution is -0.274. The topological polar surface area (TPSA) is 76.3 Å². The Hall–Kier alpha value is -2.26. The maximum Gasteiger partial charge on any atom is 0.573 e. The minimum Gasteiger partial charge on any atom is -0.405 e. The summed E-state index contributed by atoms with van der Waals surface area (Å²) in [6.07, 6.45) is 1.85. The normalized spacial score (nSPS) is 21.8. The van der Waals surface area contributed by atoms with Gasteiger partial charge in [0.05, 0.1) is 5.69 Å². The summed E-state index contributed by atoms with van der Waals surface area (Å²) in [7, 11) is 0. The van der Waals surface area contributed by atoms with E-state index in [-0.39, 0.29) is 24.1 Å². The zero-order chi connectivity index (χ0) is 22.7. The standard InChI is InChI=1S/C22H27ClF3N5O/c23-19-17(12-14-6-8-16(9-7-14)31-10-3-11-31)29-21(30-20(19)27)28-13-15-4-1-2-5-18(15)32-22(24,25)26/h1-2,4-5,14,16H,3,6-13H2,(H3,27,28,29,30). The Morgan fingerprint density at radius 2 is 1.84 bits per heavy atom. The molecule has 3 N–H and O–H groups in total. The number of para-hydroxylation sites is 1. The van der Waals surface area contributed by atoms with E-state index in [4.69, 9.17) is 17.3 Å². The Morgan fingerprint density at radius 3 is 2.50 bits per heavy atom. The van der Waals surface area contributed by atoms with Crippen molar-refractivity contribution in [2.24, 2.45) is 5.92 Å². The zero-order valence-corrected chi connectivity index (χ0v) is 18.4. The molecule has 2 aromatic rings. The highest BCUT2D eigenvalue weighted by Gasteiger charge is 2.32. The molecule has 6 nitrogen and oxygen atoms in total. The van der Waals surface area contributed by atoms with E-state index in [1.165, 1.54) is 44.5 Å². The first-order chi connectivity index (χ1) is 15.3. The fourth-order valence-electron chi connectivity index (χ4n) is 4.47. The molecule has 2 heterocycles. The Labute approximate surface area is 190 Å². The average molecular weight is 470 g/mol. The van der Waals surface area contributed by atoms with Crippen LogP contribution in [-0.2, 0) is 13.0 Å². The van der Waals surface area contributed by atoms with Crippen LogP contribution in [0.3, 0.4) is 0 Å². The maximum atomic E-state index is 12.6. The van der Waals surface area contributed by atoms with Gasteiger partial charge in [-0.15, -0.1) is 13.2 Å². The predicted octanol–water partition coefficient (Wildman–Crippen LogP) is 5.03. The number of aromatic nitrogens is 2. The van der Waals surface area contributed by atoms with Crippen molar-refractivity contribution < 1.29 is 17.9 Å². The Balaban J connectivity index is 1.40. The van der Waals surface area contributed by atoms with Crippen LogP contribution in [-0.4, -0.2) is 40.4 Å². The molecular weight excluding hydrogens is 443 g/mol. The third-order valence-corrected chi connectivity index (χ3v) is 6.70. The van der Waals surface area contributed by atoms with Gasteiger partial charge in [-0.25, -0.2) is 4.98 Å². The number of ether oxygens (including phenoxy) is 1. The molecule has 0 amide bonds. The second kappa shape index (κ2) is 9.70. The van der Waals surface area contributed by atoms with Gasteiger partial charge in [-0.1, -0.05) is 29.8 Å². The molecule has 1 aromatic heterocycles. The van der Waals surface area contributed by atoms with E-state index in [0.717, 1.165) is 12.8 Å². The number of nitrogens with one attached hydrogen (secondary N) is 1. The smallest absolute Gasteiger partial charge is 0.405 e. The van der Waals surface area contributed by atoms with Crippen molar-refractivity contribution in [1.82, 2.24) is 14.9 Å². The molecule has 1 aromatic carbocycles. The first-order valence-electron chi connectivity index (χ1n) is 10.9. The number of hydrogen-bond donors (Lipinski definition) is 2. The van der Waals surface area contributed by atoms with Crippen molar-refractivity contribution in [3.05, 3.63) is 40.5 Å². The fourth-order valence-corrected chi connectivity index (χ4v) is 4.63. The second-order valence-corrected chi connectivity index (χ2v) is 8.85. The van der Waals surface area contributed by atoms with E-state index in [9.17, 15) is 13.2 Å². The molecule has 1 saturated heterocycles. The van der Waals surface area contributed by atoms with Crippen molar-refractivity contribution in [2.45, 2.75) is 57.5 Å². The molecule has 2 fully saturated rings. The van der Waals surface area contributed by atoms with Gasteiger partial charge < -0.3 is 20.7 Å². The van der Waals surface area contributed by atoms with Crippen LogP contribution in [0.15, 0.2) is 24.3 Å². The third kappa shape index (κ3) is 5.75.